The number of hydrogen-bond acceptors (Lipinski definition) is 8. The highest BCUT2D eigenvalue weighted by Crippen LogP contribution is 2.50. The van der Waals surface area contributed by atoms with E-state index in [1.54, 1.807) is 0 Å². The molecule has 1 saturated carbocycles. The molecular formula is C23H20N4O8. The lowest BCUT2D eigenvalue weighted by molar-refractivity contribution is -0.142. The number of imide groups is 2. The molecule has 6 rings (SSSR count). The van der Waals surface area contributed by atoms with Gasteiger partial charge in [-0.3, -0.25) is 57.3 Å². The molecule has 2 aliphatic heterocycles. The van der Waals surface area contributed by atoms with Crippen molar-refractivity contribution < 1.29 is 19.2 Å². The van der Waals surface area contributed by atoms with Crippen molar-refractivity contribution >= 4 is 45.2 Å². The minimum absolute atomic E-state index is 0.178. The molecule has 180 valence electrons. The molecule has 1 aliphatic carbocycles. The number of benzene rings is 1. The van der Waals surface area contributed by atoms with Gasteiger partial charge in [-0.05, 0) is 18.6 Å². The molecule has 12 heteroatoms. The van der Waals surface area contributed by atoms with Crippen LogP contribution in [0, 0.1) is 23.7 Å². The highest BCUT2D eigenvalue weighted by atomic mass is 16.2. The Morgan fingerprint density at radius 2 is 0.800 bits per heavy atom. The molecule has 35 heavy (non-hydrogen) atoms. The maximum atomic E-state index is 11.9. The molecule has 0 radical (unpaired) electrons. The Kier molecular flexibility index (Phi) is 4.60. The molecule has 0 spiro atoms. The van der Waals surface area contributed by atoms with Crippen LogP contribution in [0.4, 0.5) is 0 Å². The summed E-state index contributed by atoms with van der Waals surface area (Å²) in [4.78, 5) is 96.7. The van der Waals surface area contributed by atoms with Crippen molar-refractivity contribution in [2.75, 3.05) is 14.1 Å². The van der Waals surface area contributed by atoms with Crippen molar-refractivity contribution in [3.05, 3.63) is 53.5 Å². The maximum Gasteiger partial charge on any atom is 0.261 e. The monoisotopic (exact) mass is 480 g/mol. The minimum Gasteiger partial charge on any atom is -0.285 e. The molecule has 12 nitrogen and oxygen atoms in total. The van der Waals surface area contributed by atoms with Crippen LogP contribution in [0.1, 0.15) is 6.42 Å². The van der Waals surface area contributed by atoms with E-state index in [0.717, 1.165) is 18.9 Å². The Hall–Kier alpha value is -4.22. The molecule has 4 atom stereocenters. The Bertz CT molecular complexity index is 1520. The van der Waals surface area contributed by atoms with Crippen LogP contribution in [0.25, 0.3) is 21.5 Å². The number of amides is 4. The van der Waals surface area contributed by atoms with Gasteiger partial charge in [0, 0.05) is 28.2 Å². The first-order valence-corrected chi connectivity index (χ1v) is 10.8. The molecule has 4 unspecified atom stereocenters. The van der Waals surface area contributed by atoms with E-state index in [2.05, 4.69) is 0 Å². The number of carbonyl (C=O) groups excluding carboxylic acids is 4. The fourth-order valence-electron chi connectivity index (χ4n) is 5.60. The average Bonchev–Trinajstić information content (AvgIpc) is 3.53. The van der Waals surface area contributed by atoms with Crippen LogP contribution in [-0.4, -0.2) is 56.7 Å². The van der Waals surface area contributed by atoms with Crippen molar-refractivity contribution in [1.29, 1.82) is 0 Å². The number of carbonyl (C=O) groups is 4. The van der Waals surface area contributed by atoms with Crippen LogP contribution in [0.2, 0.25) is 0 Å². The van der Waals surface area contributed by atoms with Crippen LogP contribution in [0.15, 0.2) is 31.3 Å². The smallest absolute Gasteiger partial charge is 0.261 e. The van der Waals surface area contributed by atoms with E-state index in [0.29, 0.717) is 6.42 Å². The molecule has 3 aromatic rings. The third-order valence-electron chi connectivity index (χ3n) is 7.59. The zero-order chi connectivity index (χ0) is 25.7. The zero-order valence-electron chi connectivity index (χ0n) is 19.2. The van der Waals surface area contributed by atoms with Crippen molar-refractivity contribution in [1.82, 2.24) is 18.9 Å². The van der Waals surface area contributed by atoms with Crippen LogP contribution in [0.5, 0.6) is 0 Å². The van der Waals surface area contributed by atoms with Crippen molar-refractivity contribution in [2.24, 2.45) is 37.8 Å². The maximum absolute atomic E-state index is 11.9. The topological polar surface area (TPSA) is 153 Å². The number of fused-ring (bicyclic) bond motifs is 5. The lowest BCUT2D eigenvalue weighted by atomic mass is 9.89. The van der Waals surface area contributed by atoms with Gasteiger partial charge in [0.2, 0.25) is 23.6 Å². The lowest BCUT2D eigenvalue weighted by Crippen LogP contribution is -2.33. The normalized spacial score (nSPS) is 25.6. The molecule has 2 saturated heterocycles. The van der Waals surface area contributed by atoms with E-state index in [9.17, 15) is 38.4 Å². The van der Waals surface area contributed by atoms with Crippen molar-refractivity contribution in [3.8, 4) is 0 Å². The minimum atomic E-state index is -0.612. The summed E-state index contributed by atoms with van der Waals surface area (Å²) in [7, 11) is 5.60. The third kappa shape index (κ3) is 2.73. The van der Waals surface area contributed by atoms with Gasteiger partial charge in [0.05, 0.1) is 45.2 Å². The number of aromatic nitrogens is 2. The van der Waals surface area contributed by atoms with Crippen molar-refractivity contribution in [2.45, 2.75) is 6.42 Å². The summed E-state index contributed by atoms with van der Waals surface area (Å²) >= 11 is 0. The van der Waals surface area contributed by atoms with Gasteiger partial charge in [-0.2, -0.15) is 0 Å². The first-order valence-electron chi connectivity index (χ1n) is 10.8. The molecular weight excluding hydrogens is 460 g/mol. The summed E-state index contributed by atoms with van der Waals surface area (Å²) < 4.78 is 1.94. The molecule has 4 amide bonds. The van der Waals surface area contributed by atoms with Crippen LogP contribution < -0.4 is 22.2 Å². The highest BCUT2D eigenvalue weighted by Gasteiger charge is 2.64. The first-order chi connectivity index (χ1) is 16.4. The lowest BCUT2D eigenvalue weighted by Gasteiger charge is -2.13. The molecule has 3 fully saturated rings. The van der Waals surface area contributed by atoms with Crippen LogP contribution >= 0.6 is 0 Å². The second-order valence-electron chi connectivity index (χ2n) is 9.25. The Morgan fingerprint density at radius 3 is 1.09 bits per heavy atom. The number of hydrogen-bond donors (Lipinski definition) is 0. The van der Waals surface area contributed by atoms with Crippen LogP contribution in [0.3, 0.4) is 0 Å². The average molecular weight is 480 g/mol. The van der Waals surface area contributed by atoms with E-state index < -0.39 is 45.9 Å². The molecule has 0 bridgehead atoms. The predicted octanol–water partition coefficient (Wildman–Crippen LogP) is -2.16. The second kappa shape index (κ2) is 7.14. The number of likely N-dealkylation sites (tertiary alicyclic amines) is 2. The quantitative estimate of drug-likeness (QED) is 0.330. The van der Waals surface area contributed by atoms with E-state index in [1.165, 1.54) is 40.3 Å². The van der Waals surface area contributed by atoms with Gasteiger partial charge in [-0.15, -0.1) is 0 Å². The summed E-state index contributed by atoms with van der Waals surface area (Å²) in [6.07, 6.45) is 0.332. The first kappa shape index (κ1) is 22.6. The van der Waals surface area contributed by atoms with Gasteiger partial charge in [0.25, 0.3) is 22.2 Å². The van der Waals surface area contributed by atoms with Crippen molar-refractivity contribution in [3.63, 3.8) is 0 Å². The van der Waals surface area contributed by atoms with E-state index in [1.807, 2.05) is 0 Å². The van der Waals surface area contributed by atoms with Gasteiger partial charge in [0.1, 0.15) is 0 Å². The Balaban J connectivity index is 0.000000145. The Morgan fingerprint density at radius 1 is 0.514 bits per heavy atom. The summed E-state index contributed by atoms with van der Waals surface area (Å²) in [5.41, 5.74) is -1.81. The predicted molar refractivity (Wildman–Crippen MR) is 121 cm³/mol. The third-order valence-corrected chi connectivity index (χ3v) is 7.59. The highest BCUT2D eigenvalue weighted by molar-refractivity contribution is 6.13. The van der Waals surface area contributed by atoms with Crippen LogP contribution in [-0.2, 0) is 33.3 Å². The number of nitrogens with zero attached hydrogens (tertiary/aromatic N) is 4. The SMILES string of the molecule is CN1C(=O)C2CC3C(=O)N(C)C(=O)C3C2C1=O.Cn1c(=O)c2cc3c(=O)n(C)c(=O)c3cc2c1=O. The fraction of sp³-hybridized carbons (Fsp3) is 0.391. The molecule has 3 aliphatic rings. The zero-order valence-corrected chi connectivity index (χ0v) is 19.2. The van der Waals surface area contributed by atoms with Gasteiger partial charge in [-0.1, -0.05) is 0 Å². The van der Waals surface area contributed by atoms with E-state index in [4.69, 9.17) is 0 Å². The second-order valence-corrected chi connectivity index (χ2v) is 9.25. The largest absolute Gasteiger partial charge is 0.285 e. The fourth-order valence-corrected chi connectivity index (χ4v) is 5.60. The van der Waals surface area contributed by atoms with E-state index in [-0.39, 0.29) is 45.2 Å². The van der Waals surface area contributed by atoms with Gasteiger partial charge < -0.3 is 0 Å². The summed E-state index contributed by atoms with van der Waals surface area (Å²) in [6, 6.07) is 2.66. The van der Waals surface area contributed by atoms with Gasteiger partial charge in [0.15, 0.2) is 0 Å². The molecule has 0 N–H and O–H groups in total. The van der Waals surface area contributed by atoms with Gasteiger partial charge in [-0.25, -0.2) is 0 Å². The summed E-state index contributed by atoms with van der Waals surface area (Å²) in [5, 5.41) is 0.714. The Labute approximate surface area is 195 Å². The number of rotatable bonds is 0. The molecule has 1 aromatic carbocycles. The van der Waals surface area contributed by atoms with E-state index >= 15 is 0 Å². The summed E-state index contributed by atoms with van der Waals surface area (Å²) in [6.45, 7) is 0. The van der Waals surface area contributed by atoms with Gasteiger partial charge >= 0.3 is 0 Å². The standard InChI is InChI=1S/C12H8N2O4.C11H12N2O4/c1-13-9(15)5-3-7-8(4-6(5)10(13)16)12(18)14(2)11(7)17;1-12-8(14)4-3-5-7(6(4)10(12)16)11(17)13(2)9(5)15/h3-4H,1-2H3;4-7H,3H2,1-2H3. The molecule has 4 heterocycles. The molecule has 2 aromatic heterocycles. The summed E-state index contributed by atoms with van der Waals surface area (Å²) in [5.74, 6) is -3.30.